The lowest BCUT2D eigenvalue weighted by molar-refractivity contribution is -0.147. The Labute approximate surface area is 150 Å². The first-order chi connectivity index (χ1) is 12.2. The third kappa shape index (κ3) is 7.20. The van der Waals surface area contributed by atoms with Crippen molar-refractivity contribution in [1.82, 2.24) is 10.6 Å². The van der Waals surface area contributed by atoms with Gasteiger partial charge >= 0.3 is 18.0 Å². The number of amides is 2. The van der Waals surface area contributed by atoms with E-state index in [0.29, 0.717) is 0 Å². The Morgan fingerprint density at radius 1 is 1.04 bits per heavy atom. The molecule has 9 heteroatoms. The minimum atomic E-state index is -1.59. The number of hydrogen-bond donors (Lipinski definition) is 4. The van der Waals surface area contributed by atoms with Gasteiger partial charge in [0.2, 0.25) is 5.91 Å². The molecule has 9 nitrogen and oxygen atoms in total. The Hall–Kier alpha value is -3.10. The number of rotatable bonds is 9. The Bertz CT molecular complexity index is 646. The van der Waals surface area contributed by atoms with Crippen LogP contribution in [-0.4, -0.2) is 46.2 Å². The maximum Gasteiger partial charge on any atom is 0.408 e. The molecule has 2 atom stereocenters. The van der Waals surface area contributed by atoms with Gasteiger partial charge in [-0.1, -0.05) is 44.2 Å². The van der Waals surface area contributed by atoms with Crippen LogP contribution >= 0.6 is 0 Å². The van der Waals surface area contributed by atoms with Crippen molar-refractivity contribution < 1.29 is 34.1 Å². The summed E-state index contributed by atoms with van der Waals surface area (Å²) >= 11 is 0. The molecule has 0 saturated carbocycles. The average Bonchev–Trinajstić information content (AvgIpc) is 2.57. The summed E-state index contributed by atoms with van der Waals surface area (Å²) in [6, 6.07) is 6.26. The van der Waals surface area contributed by atoms with Gasteiger partial charge in [-0.05, 0) is 11.5 Å². The Kier molecular flexibility index (Phi) is 8.07. The minimum Gasteiger partial charge on any atom is -0.481 e. The first-order valence-corrected chi connectivity index (χ1v) is 7.93. The molecule has 4 N–H and O–H groups in total. The van der Waals surface area contributed by atoms with E-state index in [1.807, 2.05) is 6.07 Å². The SMILES string of the molecule is CC(C)[C@H](NC(=O)OCc1ccccc1)C(=O)N[C@H](CC(=O)O)C(=O)O. The van der Waals surface area contributed by atoms with Crippen LogP contribution in [0.25, 0.3) is 0 Å². The van der Waals surface area contributed by atoms with Gasteiger partial charge in [-0.25, -0.2) is 9.59 Å². The molecule has 0 unspecified atom stereocenters. The molecule has 1 aromatic carbocycles. The van der Waals surface area contributed by atoms with Gasteiger partial charge in [-0.3, -0.25) is 9.59 Å². The summed E-state index contributed by atoms with van der Waals surface area (Å²) in [5.41, 5.74) is 0.764. The van der Waals surface area contributed by atoms with Gasteiger partial charge in [-0.2, -0.15) is 0 Å². The first kappa shape index (κ1) is 20.9. The van der Waals surface area contributed by atoms with Gasteiger partial charge in [0, 0.05) is 0 Å². The highest BCUT2D eigenvalue weighted by Crippen LogP contribution is 2.06. The molecule has 0 fully saturated rings. The normalized spacial score (nSPS) is 12.7. The molecule has 0 spiro atoms. The first-order valence-electron chi connectivity index (χ1n) is 7.93. The maximum absolute atomic E-state index is 12.3. The number of aliphatic carboxylic acids is 2. The number of benzene rings is 1. The van der Waals surface area contributed by atoms with Crippen molar-refractivity contribution in [3.05, 3.63) is 35.9 Å². The third-order valence-corrected chi connectivity index (χ3v) is 3.43. The maximum atomic E-state index is 12.3. The van der Waals surface area contributed by atoms with Gasteiger partial charge in [-0.15, -0.1) is 0 Å². The highest BCUT2D eigenvalue weighted by molar-refractivity contribution is 5.91. The summed E-state index contributed by atoms with van der Waals surface area (Å²) in [4.78, 5) is 45.9. The van der Waals surface area contributed by atoms with E-state index in [1.54, 1.807) is 38.1 Å². The second kappa shape index (κ2) is 10.0. The molecule has 0 radical (unpaired) electrons. The fourth-order valence-electron chi connectivity index (χ4n) is 2.06. The lowest BCUT2D eigenvalue weighted by Crippen LogP contribution is -2.54. The van der Waals surface area contributed by atoms with Gasteiger partial charge in [0.15, 0.2) is 0 Å². The van der Waals surface area contributed by atoms with Crippen molar-refractivity contribution in [3.63, 3.8) is 0 Å². The molecule has 0 aliphatic heterocycles. The molecule has 1 rings (SSSR count). The number of carboxylic acid groups (broad SMARTS) is 2. The summed E-state index contributed by atoms with van der Waals surface area (Å²) < 4.78 is 5.04. The van der Waals surface area contributed by atoms with Crippen LogP contribution in [0.3, 0.4) is 0 Å². The predicted octanol–water partition coefficient (Wildman–Crippen LogP) is 0.981. The Morgan fingerprint density at radius 3 is 2.15 bits per heavy atom. The van der Waals surface area contributed by atoms with Gasteiger partial charge in [0.25, 0.3) is 0 Å². The highest BCUT2D eigenvalue weighted by atomic mass is 16.5. The third-order valence-electron chi connectivity index (χ3n) is 3.43. The van der Waals surface area contributed by atoms with E-state index in [-0.39, 0.29) is 12.5 Å². The summed E-state index contributed by atoms with van der Waals surface area (Å²) in [7, 11) is 0. The van der Waals surface area contributed by atoms with Crippen molar-refractivity contribution >= 4 is 23.9 Å². The smallest absolute Gasteiger partial charge is 0.408 e. The lowest BCUT2D eigenvalue weighted by atomic mass is 10.0. The van der Waals surface area contributed by atoms with Crippen molar-refractivity contribution in [2.75, 3.05) is 0 Å². The van der Waals surface area contributed by atoms with Crippen LogP contribution in [0.2, 0.25) is 0 Å². The molecular weight excluding hydrogens is 344 g/mol. The van der Waals surface area contributed by atoms with Crippen LogP contribution in [0.5, 0.6) is 0 Å². The summed E-state index contributed by atoms with van der Waals surface area (Å²) in [5.74, 6) is -4.02. The zero-order chi connectivity index (χ0) is 19.7. The number of hydrogen-bond acceptors (Lipinski definition) is 5. The van der Waals surface area contributed by atoms with E-state index in [1.165, 1.54) is 0 Å². The fourth-order valence-corrected chi connectivity index (χ4v) is 2.06. The molecule has 0 aliphatic carbocycles. The molecule has 142 valence electrons. The number of carbonyl (C=O) groups is 4. The summed E-state index contributed by atoms with van der Waals surface area (Å²) in [6.07, 6.45) is -1.61. The minimum absolute atomic E-state index is 0.00979. The quantitative estimate of drug-likeness (QED) is 0.510. The number of carboxylic acids is 2. The highest BCUT2D eigenvalue weighted by Gasteiger charge is 2.30. The molecule has 0 bridgehead atoms. The van der Waals surface area contributed by atoms with E-state index in [2.05, 4.69) is 10.6 Å². The van der Waals surface area contributed by atoms with Gasteiger partial charge in [0.05, 0.1) is 6.42 Å². The van der Waals surface area contributed by atoms with Crippen molar-refractivity contribution in [3.8, 4) is 0 Å². The molecule has 26 heavy (non-hydrogen) atoms. The summed E-state index contributed by atoms with van der Waals surface area (Å²) in [5, 5.41) is 22.2. The number of carbonyl (C=O) groups excluding carboxylic acids is 2. The molecular formula is C17H22N2O7. The van der Waals surface area contributed by atoms with Crippen LogP contribution in [0.15, 0.2) is 30.3 Å². The second-order valence-electron chi connectivity index (χ2n) is 5.93. The lowest BCUT2D eigenvalue weighted by Gasteiger charge is -2.23. The van der Waals surface area contributed by atoms with Crippen LogP contribution in [-0.2, 0) is 25.7 Å². The van der Waals surface area contributed by atoms with Crippen LogP contribution in [0.1, 0.15) is 25.8 Å². The molecule has 0 aliphatic rings. The van der Waals surface area contributed by atoms with E-state index in [9.17, 15) is 19.2 Å². The number of ether oxygens (including phenoxy) is 1. The van der Waals surface area contributed by atoms with Crippen LogP contribution in [0.4, 0.5) is 4.79 Å². The van der Waals surface area contributed by atoms with E-state index in [0.717, 1.165) is 5.56 Å². The second-order valence-corrected chi connectivity index (χ2v) is 5.93. The van der Waals surface area contributed by atoms with Crippen LogP contribution in [0, 0.1) is 5.92 Å². The Morgan fingerprint density at radius 2 is 1.65 bits per heavy atom. The molecule has 0 heterocycles. The van der Waals surface area contributed by atoms with Crippen LogP contribution < -0.4 is 10.6 Å². The molecule has 2 amide bonds. The van der Waals surface area contributed by atoms with E-state index in [4.69, 9.17) is 14.9 Å². The summed E-state index contributed by atoms with van der Waals surface area (Å²) in [6.45, 7) is 3.30. The molecule has 0 saturated heterocycles. The largest absolute Gasteiger partial charge is 0.481 e. The molecule has 0 aromatic heterocycles. The number of alkyl carbamates (subject to hydrolysis) is 1. The van der Waals surface area contributed by atoms with E-state index < -0.39 is 42.4 Å². The zero-order valence-electron chi connectivity index (χ0n) is 14.5. The monoisotopic (exact) mass is 366 g/mol. The van der Waals surface area contributed by atoms with E-state index >= 15 is 0 Å². The average molecular weight is 366 g/mol. The van der Waals surface area contributed by atoms with Crippen molar-refractivity contribution in [1.29, 1.82) is 0 Å². The fraction of sp³-hybridized carbons (Fsp3) is 0.412. The predicted molar refractivity (Wildman–Crippen MR) is 90.2 cm³/mol. The Balaban J connectivity index is 2.65. The van der Waals surface area contributed by atoms with Crippen molar-refractivity contribution in [2.24, 2.45) is 5.92 Å². The number of nitrogens with one attached hydrogen (secondary N) is 2. The zero-order valence-corrected chi connectivity index (χ0v) is 14.5. The standard InChI is InChI=1S/C17H22N2O7/c1-10(2)14(15(22)18-12(16(23)24)8-13(20)21)19-17(25)26-9-11-6-4-3-5-7-11/h3-7,10,12,14H,8-9H2,1-2H3,(H,18,22)(H,19,25)(H,20,21)(H,23,24)/t12-,14+/m1/s1. The molecule has 1 aromatic rings. The van der Waals surface area contributed by atoms with Gasteiger partial charge < -0.3 is 25.6 Å². The topological polar surface area (TPSA) is 142 Å². The van der Waals surface area contributed by atoms with Crippen molar-refractivity contribution in [2.45, 2.75) is 39.0 Å². The van der Waals surface area contributed by atoms with Gasteiger partial charge in [0.1, 0.15) is 18.7 Å².